The quantitative estimate of drug-likeness (QED) is 0.102. The minimum atomic E-state index is -0.391. The zero-order chi connectivity index (χ0) is 36.5. The van der Waals surface area contributed by atoms with Crippen molar-refractivity contribution in [2.24, 2.45) is 0 Å². The second-order valence-corrected chi connectivity index (χ2v) is 12.5. The summed E-state index contributed by atoms with van der Waals surface area (Å²) in [5.74, 6) is 0.672. The summed E-state index contributed by atoms with van der Waals surface area (Å²) in [5, 5.41) is 3.36. The van der Waals surface area contributed by atoms with Crippen LogP contribution in [0.2, 0.25) is 0 Å². The van der Waals surface area contributed by atoms with Crippen LogP contribution in [0.15, 0.2) is 122 Å². The molecule has 2 N–H and O–H groups in total. The van der Waals surface area contributed by atoms with Crippen molar-refractivity contribution in [2.45, 2.75) is 52.6 Å². The van der Waals surface area contributed by atoms with Crippen molar-refractivity contribution in [3.63, 3.8) is 0 Å². The lowest BCUT2D eigenvalue weighted by atomic mass is 10.0. The van der Waals surface area contributed by atoms with Gasteiger partial charge in [-0.15, -0.1) is 10.1 Å². The molecule has 266 valence electrons. The molecule has 0 saturated heterocycles. The van der Waals surface area contributed by atoms with Gasteiger partial charge in [-0.1, -0.05) is 98.8 Å². The Balaban J connectivity index is 1.10. The molecule has 2 aromatic heterocycles. The third kappa shape index (κ3) is 8.37. The molecule has 0 radical (unpaired) electrons. The minimum absolute atomic E-state index is 0.217. The molecule has 6 aromatic rings. The number of carbonyl (C=O) groups excluding carboxylic acids is 2. The number of benzene rings is 4. The molecule has 2 heterocycles. The first-order chi connectivity index (χ1) is 25.4. The van der Waals surface area contributed by atoms with Crippen LogP contribution in [0.5, 0.6) is 0 Å². The molecule has 0 saturated carbocycles. The smallest absolute Gasteiger partial charge is 0.357 e. The van der Waals surface area contributed by atoms with E-state index in [2.05, 4.69) is 68.5 Å². The van der Waals surface area contributed by atoms with Gasteiger partial charge < -0.3 is 19.6 Å². The number of rotatable bonds is 15. The number of imidazole rings is 2. The fourth-order valence-corrected chi connectivity index (χ4v) is 6.06. The Kier molecular flexibility index (Phi) is 11.7. The molecule has 10 nitrogen and oxygen atoms in total. The van der Waals surface area contributed by atoms with Crippen molar-refractivity contribution in [3.8, 4) is 33.6 Å². The maximum atomic E-state index is 12.8. The van der Waals surface area contributed by atoms with Gasteiger partial charge in [-0.25, -0.2) is 19.6 Å². The van der Waals surface area contributed by atoms with E-state index >= 15 is 0 Å². The van der Waals surface area contributed by atoms with Gasteiger partial charge >= 0.3 is 11.9 Å². The first-order valence-corrected chi connectivity index (χ1v) is 17.8. The molecular formula is C42H44N6O4. The number of nitrogens with one attached hydrogen (secondary N) is 2. The molecule has 0 amide bonds. The molecule has 0 aliphatic carbocycles. The molecule has 0 bridgehead atoms. The van der Waals surface area contributed by atoms with E-state index in [9.17, 15) is 9.59 Å². The van der Waals surface area contributed by atoms with E-state index in [4.69, 9.17) is 9.68 Å². The summed E-state index contributed by atoms with van der Waals surface area (Å²) in [6.07, 6.45) is 5.16. The summed E-state index contributed by atoms with van der Waals surface area (Å²) in [4.78, 5) is 53.2. The Morgan fingerprint density at radius 3 is 1.52 bits per heavy atom. The van der Waals surface area contributed by atoms with Crippen LogP contribution in [0.3, 0.4) is 0 Å². The van der Waals surface area contributed by atoms with Gasteiger partial charge in [-0.2, -0.15) is 0 Å². The topological polar surface area (TPSA) is 116 Å². The van der Waals surface area contributed by atoms with Crippen LogP contribution < -0.4 is 0 Å². The molecule has 2 atom stereocenters. The van der Waals surface area contributed by atoms with Gasteiger partial charge in [0, 0.05) is 13.1 Å². The number of aromatic nitrogens is 4. The van der Waals surface area contributed by atoms with Crippen LogP contribution in [-0.4, -0.2) is 55.1 Å². The first kappa shape index (κ1) is 36.0. The van der Waals surface area contributed by atoms with Crippen LogP contribution >= 0.6 is 0 Å². The van der Waals surface area contributed by atoms with Crippen LogP contribution in [0.4, 0.5) is 0 Å². The number of carbonyl (C=O) groups is 2. The zero-order valence-electron chi connectivity index (χ0n) is 30.0. The van der Waals surface area contributed by atoms with Crippen LogP contribution in [0.25, 0.3) is 33.6 Å². The third-order valence-electron chi connectivity index (χ3n) is 8.97. The molecule has 0 spiro atoms. The lowest BCUT2D eigenvalue weighted by molar-refractivity contribution is -0.139. The van der Waals surface area contributed by atoms with Gasteiger partial charge in [0.15, 0.2) is 0 Å². The molecule has 0 fully saturated rings. The molecule has 0 aliphatic heterocycles. The monoisotopic (exact) mass is 696 g/mol. The highest BCUT2D eigenvalue weighted by atomic mass is 16.7. The molecule has 4 aromatic carbocycles. The molecule has 0 aliphatic rings. The second kappa shape index (κ2) is 16.9. The van der Waals surface area contributed by atoms with E-state index < -0.39 is 11.9 Å². The Labute approximate surface area is 304 Å². The molecular weight excluding hydrogens is 652 g/mol. The average Bonchev–Trinajstić information content (AvgIpc) is 3.90. The highest BCUT2D eigenvalue weighted by Crippen LogP contribution is 2.30. The fraction of sp³-hybridized carbons (Fsp3) is 0.238. The van der Waals surface area contributed by atoms with E-state index in [-0.39, 0.29) is 12.1 Å². The SMILES string of the molecule is CCCN(OC(=O)c1ccccc1)[C@@H](C)c1ncc(-c2ccc(-c3ccc(-c4cnc([C@@H](CC)N(CC)OC(=O)c5ccccc5)[nH]4)cc3)cc2)[nH]1. The van der Waals surface area contributed by atoms with E-state index in [0.29, 0.717) is 36.5 Å². The number of H-pyrrole nitrogens is 2. The van der Waals surface area contributed by atoms with E-state index in [1.54, 1.807) is 34.4 Å². The van der Waals surface area contributed by atoms with Crippen molar-refractivity contribution in [1.82, 2.24) is 30.1 Å². The van der Waals surface area contributed by atoms with Crippen LogP contribution in [-0.2, 0) is 9.68 Å². The third-order valence-corrected chi connectivity index (χ3v) is 8.97. The number of hydrogen-bond donors (Lipinski definition) is 2. The standard InChI is InChI=1S/C42H44N6O4/c1-5-26-48(52-42(50)35-16-12-9-13-17-35)29(4)39-43-27-36(45-39)32-22-18-30(19-23-32)31-20-24-33(25-21-31)37-28-44-40(46-37)38(6-2)47(7-3)51-41(49)34-14-10-8-11-15-34/h8-25,27-29,38H,5-7,26H2,1-4H3,(H,43,45)(H,44,46)/t29-,38+/m0/s1. The summed E-state index contributed by atoms with van der Waals surface area (Å²) in [6, 6.07) is 34.2. The summed E-state index contributed by atoms with van der Waals surface area (Å²) in [5.41, 5.74) is 6.95. The maximum absolute atomic E-state index is 12.8. The largest absolute Gasteiger partial charge is 0.363 e. The molecule has 6 rings (SSSR count). The maximum Gasteiger partial charge on any atom is 0.357 e. The Bertz CT molecular complexity index is 2040. The van der Waals surface area contributed by atoms with Crippen molar-refractivity contribution < 1.29 is 19.3 Å². The van der Waals surface area contributed by atoms with Gasteiger partial charge in [0.25, 0.3) is 0 Å². The number of hydroxylamine groups is 4. The minimum Gasteiger partial charge on any atom is -0.363 e. The van der Waals surface area contributed by atoms with Crippen LogP contribution in [0.1, 0.15) is 85.0 Å². The predicted octanol–water partition coefficient (Wildman–Crippen LogP) is 9.22. The van der Waals surface area contributed by atoms with Crippen molar-refractivity contribution in [3.05, 3.63) is 144 Å². The van der Waals surface area contributed by atoms with Gasteiger partial charge in [0.1, 0.15) is 23.7 Å². The summed E-state index contributed by atoms with van der Waals surface area (Å²) >= 11 is 0. The summed E-state index contributed by atoms with van der Waals surface area (Å²) < 4.78 is 0. The first-order valence-electron chi connectivity index (χ1n) is 17.8. The average molecular weight is 697 g/mol. The molecule has 0 unspecified atom stereocenters. The van der Waals surface area contributed by atoms with E-state index in [0.717, 1.165) is 45.9 Å². The van der Waals surface area contributed by atoms with Crippen molar-refractivity contribution >= 4 is 11.9 Å². The van der Waals surface area contributed by atoms with E-state index in [1.807, 2.05) is 76.5 Å². The van der Waals surface area contributed by atoms with Crippen molar-refractivity contribution in [2.75, 3.05) is 13.1 Å². The highest BCUT2D eigenvalue weighted by molar-refractivity contribution is 5.89. The lowest BCUT2D eigenvalue weighted by Gasteiger charge is -2.26. The second-order valence-electron chi connectivity index (χ2n) is 12.5. The fourth-order valence-electron chi connectivity index (χ4n) is 6.06. The Morgan fingerprint density at radius 2 is 1.06 bits per heavy atom. The van der Waals surface area contributed by atoms with Gasteiger partial charge in [0.05, 0.1) is 34.9 Å². The molecule has 10 heteroatoms. The zero-order valence-corrected chi connectivity index (χ0v) is 30.0. The molecule has 52 heavy (non-hydrogen) atoms. The number of hydrogen-bond acceptors (Lipinski definition) is 8. The Morgan fingerprint density at radius 1 is 0.615 bits per heavy atom. The van der Waals surface area contributed by atoms with Crippen LogP contribution in [0, 0.1) is 0 Å². The Hall–Kier alpha value is -5.84. The van der Waals surface area contributed by atoms with Gasteiger partial charge in [-0.05, 0) is 73.2 Å². The predicted molar refractivity (Wildman–Crippen MR) is 202 cm³/mol. The summed E-state index contributed by atoms with van der Waals surface area (Å²) in [7, 11) is 0. The summed E-state index contributed by atoms with van der Waals surface area (Å²) in [6.45, 7) is 9.12. The number of aromatic amines is 2. The highest BCUT2D eigenvalue weighted by Gasteiger charge is 2.26. The van der Waals surface area contributed by atoms with Gasteiger partial charge in [0.2, 0.25) is 0 Å². The number of nitrogens with zero attached hydrogens (tertiary/aromatic N) is 4. The van der Waals surface area contributed by atoms with Gasteiger partial charge in [-0.3, -0.25) is 0 Å². The van der Waals surface area contributed by atoms with E-state index in [1.165, 1.54) is 0 Å². The van der Waals surface area contributed by atoms with Crippen molar-refractivity contribution in [1.29, 1.82) is 0 Å². The normalized spacial score (nSPS) is 12.5. The lowest BCUT2D eigenvalue weighted by Crippen LogP contribution is -2.32.